The van der Waals surface area contributed by atoms with Gasteiger partial charge in [0.05, 0.1) is 0 Å². The molecule has 2 N–H and O–H groups in total. The topological polar surface area (TPSA) is 37.0 Å². The van der Waals surface area contributed by atoms with E-state index in [-0.39, 0.29) is 0 Å². The molecule has 0 aliphatic heterocycles. The van der Waals surface area contributed by atoms with E-state index in [2.05, 4.69) is 29.5 Å². The van der Waals surface area contributed by atoms with Crippen LogP contribution in [0.5, 0.6) is 0 Å². The van der Waals surface area contributed by atoms with Gasteiger partial charge >= 0.3 is 0 Å². The van der Waals surface area contributed by atoms with Crippen LogP contribution < -0.4 is 10.6 Å². The number of aromatic nitrogens is 1. The Bertz CT molecular complexity index is 286. The fraction of sp³-hybridized carbons (Fsp3) is 0.583. The van der Waals surface area contributed by atoms with Crippen molar-refractivity contribution >= 4 is 11.6 Å². The maximum atomic E-state index is 4.42. The first-order valence-corrected chi connectivity index (χ1v) is 5.67. The zero-order valence-electron chi connectivity index (χ0n) is 9.88. The summed E-state index contributed by atoms with van der Waals surface area (Å²) in [6, 6.07) is 6.46. The van der Waals surface area contributed by atoms with Crippen LogP contribution in [0, 0.1) is 0 Å². The van der Waals surface area contributed by atoms with Gasteiger partial charge in [0.25, 0.3) is 0 Å². The van der Waals surface area contributed by atoms with Gasteiger partial charge in [-0.2, -0.15) is 0 Å². The fourth-order valence-electron chi connectivity index (χ4n) is 1.49. The van der Waals surface area contributed by atoms with Crippen molar-refractivity contribution in [1.82, 2.24) is 4.98 Å². The average Bonchev–Trinajstić information content (AvgIpc) is 2.26. The van der Waals surface area contributed by atoms with Gasteiger partial charge in [0.15, 0.2) is 0 Å². The predicted molar refractivity (Wildman–Crippen MR) is 66.4 cm³/mol. The van der Waals surface area contributed by atoms with Crippen LogP contribution >= 0.6 is 0 Å². The Morgan fingerprint density at radius 2 is 2.07 bits per heavy atom. The van der Waals surface area contributed by atoms with E-state index in [1.54, 1.807) is 0 Å². The van der Waals surface area contributed by atoms with Gasteiger partial charge in [-0.05, 0) is 25.5 Å². The highest BCUT2D eigenvalue weighted by Crippen LogP contribution is 2.11. The van der Waals surface area contributed by atoms with Gasteiger partial charge in [-0.1, -0.05) is 25.8 Å². The number of rotatable bonds is 6. The van der Waals surface area contributed by atoms with Crippen molar-refractivity contribution in [1.29, 1.82) is 0 Å². The molecule has 0 amide bonds. The fourth-order valence-corrected chi connectivity index (χ4v) is 1.49. The van der Waals surface area contributed by atoms with Crippen LogP contribution in [0.3, 0.4) is 0 Å². The summed E-state index contributed by atoms with van der Waals surface area (Å²) in [4.78, 5) is 4.42. The Balaban J connectivity index is 2.48. The van der Waals surface area contributed by atoms with Gasteiger partial charge < -0.3 is 10.6 Å². The van der Waals surface area contributed by atoms with Gasteiger partial charge in [0.1, 0.15) is 11.6 Å². The van der Waals surface area contributed by atoms with E-state index >= 15 is 0 Å². The van der Waals surface area contributed by atoms with E-state index in [0.717, 1.165) is 11.6 Å². The van der Waals surface area contributed by atoms with E-state index in [1.165, 1.54) is 19.3 Å². The summed E-state index contributed by atoms with van der Waals surface area (Å²) in [6.45, 7) is 4.41. The number of hydrogen-bond donors (Lipinski definition) is 2. The third kappa shape index (κ3) is 4.19. The van der Waals surface area contributed by atoms with E-state index in [4.69, 9.17) is 0 Å². The molecule has 1 atom stereocenters. The number of pyridine rings is 1. The molecule has 1 unspecified atom stereocenters. The number of hydrogen-bond acceptors (Lipinski definition) is 3. The molecule has 1 rings (SSSR count). The average molecular weight is 207 g/mol. The van der Waals surface area contributed by atoms with Gasteiger partial charge in [0.2, 0.25) is 0 Å². The van der Waals surface area contributed by atoms with Crippen LogP contribution in [-0.4, -0.2) is 18.1 Å². The summed E-state index contributed by atoms with van der Waals surface area (Å²) in [5.41, 5.74) is 0. The van der Waals surface area contributed by atoms with E-state index in [1.807, 2.05) is 25.2 Å². The lowest BCUT2D eigenvalue weighted by molar-refractivity contribution is 0.643. The van der Waals surface area contributed by atoms with Gasteiger partial charge in [-0.3, -0.25) is 0 Å². The van der Waals surface area contributed by atoms with Crippen LogP contribution in [0.4, 0.5) is 11.6 Å². The lowest BCUT2D eigenvalue weighted by atomic mass is 10.1. The van der Waals surface area contributed by atoms with E-state index in [9.17, 15) is 0 Å². The molecule has 15 heavy (non-hydrogen) atoms. The number of nitrogens with one attached hydrogen (secondary N) is 2. The summed E-state index contributed by atoms with van der Waals surface area (Å²) in [5, 5.41) is 6.43. The molecule has 0 bridgehead atoms. The Kier molecular flexibility index (Phi) is 4.95. The molecule has 0 aliphatic rings. The van der Waals surface area contributed by atoms with Crippen molar-refractivity contribution in [3.63, 3.8) is 0 Å². The maximum Gasteiger partial charge on any atom is 0.128 e. The van der Waals surface area contributed by atoms with Crippen LogP contribution in [-0.2, 0) is 0 Å². The Morgan fingerprint density at radius 3 is 2.73 bits per heavy atom. The molecule has 84 valence electrons. The van der Waals surface area contributed by atoms with Crippen molar-refractivity contribution in [2.45, 2.75) is 39.2 Å². The highest BCUT2D eigenvalue weighted by Gasteiger charge is 2.02. The lowest BCUT2D eigenvalue weighted by Gasteiger charge is -2.14. The van der Waals surface area contributed by atoms with Crippen molar-refractivity contribution in [2.24, 2.45) is 0 Å². The van der Waals surface area contributed by atoms with Crippen LogP contribution in [0.2, 0.25) is 0 Å². The van der Waals surface area contributed by atoms with Crippen LogP contribution in [0.15, 0.2) is 18.2 Å². The molecule has 0 aliphatic carbocycles. The van der Waals surface area contributed by atoms with Gasteiger partial charge in [0, 0.05) is 13.1 Å². The minimum Gasteiger partial charge on any atom is -0.373 e. The minimum atomic E-state index is 0.490. The zero-order valence-corrected chi connectivity index (χ0v) is 9.88. The SMILES string of the molecule is CCCCC(C)Nc1cccc(NC)n1. The van der Waals surface area contributed by atoms with Crippen molar-refractivity contribution in [3.05, 3.63) is 18.2 Å². The number of anilines is 2. The molecule has 1 aromatic heterocycles. The van der Waals surface area contributed by atoms with E-state index < -0.39 is 0 Å². The summed E-state index contributed by atoms with van der Waals surface area (Å²) in [7, 11) is 1.88. The molecule has 0 saturated heterocycles. The third-order valence-electron chi connectivity index (χ3n) is 2.39. The summed E-state index contributed by atoms with van der Waals surface area (Å²) in [5.74, 6) is 1.85. The third-order valence-corrected chi connectivity index (χ3v) is 2.39. The molecule has 1 aromatic rings. The number of nitrogens with zero attached hydrogens (tertiary/aromatic N) is 1. The summed E-state index contributed by atoms with van der Waals surface area (Å²) >= 11 is 0. The lowest BCUT2D eigenvalue weighted by Crippen LogP contribution is -2.15. The first kappa shape index (κ1) is 11.8. The predicted octanol–water partition coefficient (Wildman–Crippen LogP) is 3.11. The Labute approximate surface area is 92.3 Å². The molecule has 0 aromatic carbocycles. The normalized spacial score (nSPS) is 12.2. The Hall–Kier alpha value is -1.25. The molecule has 0 radical (unpaired) electrons. The molecular formula is C12H21N3. The van der Waals surface area contributed by atoms with Crippen LogP contribution in [0.25, 0.3) is 0 Å². The molecule has 3 nitrogen and oxygen atoms in total. The number of unbranched alkanes of at least 4 members (excludes halogenated alkanes) is 1. The zero-order chi connectivity index (χ0) is 11.1. The van der Waals surface area contributed by atoms with Gasteiger partial charge in [-0.25, -0.2) is 4.98 Å². The summed E-state index contributed by atoms with van der Waals surface area (Å²) in [6.07, 6.45) is 3.71. The standard InChI is InChI=1S/C12H21N3/c1-4-5-7-10(2)14-12-9-6-8-11(13-3)15-12/h6,8-10H,4-5,7H2,1-3H3,(H2,13,14,15). The molecule has 0 saturated carbocycles. The molecular weight excluding hydrogens is 186 g/mol. The first-order chi connectivity index (χ1) is 7.26. The second-order valence-electron chi connectivity index (χ2n) is 3.85. The molecule has 1 heterocycles. The minimum absolute atomic E-state index is 0.490. The van der Waals surface area contributed by atoms with Crippen molar-refractivity contribution in [2.75, 3.05) is 17.7 Å². The van der Waals surface area contributed by atoms with Crippen LogP contribution in [0.1, 0.15) is 33.1 Å². The van der Waals surface area contributed by atoms with Gasteiger partial charge in [-0.15, -0.1) is 0 Å². The second-order valence-corrected chi connectivity index (χ2v) is 3.85. The maximum absolute atomic E-state index is 4.42. The smallest absolute Gasteiger partial charge is 0.128 e. The van der Waals surface area contributed by atoms with E-state index in [0.29, 0.717) is 6.04 Å². The monoisotopic (exact) mass is 207 g/mol. The highest BCUT2D eigenvalue weighted by atomic mass is 15.1. The first-order valence-electron chi connectivity index (χ1n) is 5.67. The molecule has 0 spiro atoms. The molecule has 3 heteroatoms. The van der Waals surface area contributed by atoms with Crippen molar-refractivity contribution < 1.29 is 0 Å². The summed E-state index contributed by atoms with van der Waals surface area (Å²) < 4.78 is 0. The van der Waals surface area contributed by atoms with Crippen molar-refractivity contribution in [3.8, 4) is 0 Å². The second kappa shape index (κ2) is 6.27. The largest absolute Gasteiger partial charge is 0.373 e. The quantitative estimate of drug-likeness (QED) is 0.752. The highest BCUT2D eigenvalue weighted by molar-refractivity contribution is 5.45. The Morgan fingerprint density at radius 1 is 1.33 bits per heavy atom. The molecule has 0 fully saturated rings.